The average molecular weight is 464 g/mol. The van der Waals surface area contributed by atoms with E-state index in [1.54, 1.807) is 42.5 Å². The quantitative estimate of drug-likeness (QED) is 0.217. The summed E-state index contributed by atoms with van der Waals surface area (Å²) >= 11 is 3.00. The molecule has 1 unspecified atom stereocenters. The highest BCUT2D eigenvalue weighted by Gasteiger charge is 2.19. The molecule has 1 N–H and O–H groups in total. The molecule has 0 saturated carbocycles. The zero-order valence-corrected chi connectivity index (χ0v) is 19.2. The summed E-state index contributed by atoms with van der Waals surface area (Å²) in [4.78, 5) is 35.3. The molecule has 0 fully saturated rings. The Balaban J connectivity index is 1.46. The fourth-order valence-electron chi connectivity index (χ4n) is 3.04. The number of hydrogen-bond acceptors (Lipinski definition) is 7. The Bertz CT molecular complexity index is 1240. The molecular weight excluding hydrogens is 442 g/mol. The molecule has 0 bridgehead atoms. The van der Waals surface area contributed by atoms with Gasteiger partial charge >= 0.3 is 5.97 Å². The Morgan fingerprint density at radius 3 is 2.56 bits per heavy atom. The molecule has 0 aliphatic heterocycles. The van der Waals surface area contributed by atoms with Gasteiger partial charge in [-0.05, 0) is 49.7 Å². The summed E-state index contributed by atoms with van der Waals surface area (Å²) in [6, 6.07) is 18.9. The molecule has 6 nitrogen and oxygen atoms in total. The van der Waals surface area contributed by atoms with Crippen molar-refractivity contribution < 1.29 is 14.3 Å². The number of benzene rings is 2. The van der Waals surface area contributed by atoms with Crippen LogP contribution in [0.5, 0.6) is 0 Å². The standard InChI is InChI=1S/C24H21N3O3S2/c1-3-30-24(29)17-9-11-18(12-10-17)27-21(28)15(2)31-22-19-13-20(16-7-5-4-6-8-16)32-23(19)26-14-25-22/h4-15H,3H2,1-2H3,(H,27,28). The maximum Gasteiger partial charge on any atom is 0.338 e. The van der Waals surface area contributed by atoms with Crippen LogP contribution in [0.3, 0.4) is 0 Å². The summed E-state index contributed by atoms with van der Waals surface area (Å²) in [5.41, 5.74) is 2.19. The molecular formula is C24H21N3O3S2. The smallest absolute Gasteiger partial charge is 0.338 e. The number of carbonyl (C=O) groups excluding carboxylic acids is 2. The van der Waals surface area contributed by atoms with Crippen molar-refractivity contribution in [1.82, 2.24) is 9.97 Å². The number of anilines is 1. The molecule has 1 amide bonds. The first-order valence-electron chi connectivity index (χ1n) is 10.1. The molecule has 4 rings (SSSR count). The van der Waals surface area contributed by atoms with Gasteiger partial charge in [0.05, 0.1) is 17.4 Å². The molecule has 0 aliphatic rings. The summed E-state index contributed by atoms with van der Waals surface area (Å²) in [5.74, 6) is -0.531. The third-order valence-corrected chi connectivity index (χ3v) is 6.88. The number of nitrogens with zero attached hydrogens (tertiary/aromatic N) is 2. The molecule has 162 valence electrons. The fourth-order valence-corrected chi connectivity index (χ4v) is 5.00. The van der Waals surface area contributed by atoms with Gasteiger partial charge in [0.1, 0.15) is 16.2 Å². The minimum atomic E-state index is -0.382. The van der Waals surface area contributed by atoms with Crippen LogP contribution in [0.25, 0.3) is 20.7 Å². The summed E-state index contributed by atoms with van der Waals surface area (Å²) in [6.07, 6.45) is 1.54. The number of carbonyl (C=O) groups is 2. The average Bonchev–Trinajstić information content (AvgIpc) is 3.26. The molecule has 0 radical (unpaired) electrons. The summed E-state index contributed by atoms with van der Waals surface area (Å²) in [5, 5.41) is 4.23. The zero-order chi connectivity index (χ0) is 22.5. The van der Waals surface area contributed by atoms with Crippen LogP contribution in [-0.2, 0) is 9.53 Å². The highest BCUT2D eigenvalue weighted by atomic mass is 32.2. The first-order chi connectivity index (χ1) is 15.5. The lowest BCUT2D eigenvalue weighted by atomic mass is 10.2. The number of thiophene rings is 1. The molecule has 0 spiro atoms. The van der Waals surface area contributed by atoms with Gasteiger partial charge < -0.3 is 10.1 Å². The molecule has 2 aromatic carbocycles. The number of ether oxygens (including phenoxy) is 1. The van der Waals surface area contributed by atoms with Crippen LogP contribution >= 0.6 is 23.1 Å². The Morgan fingerprint density at radius 1 is 1.09 bits per heavy atom. The van der Waals surface area contributed by atoms with Crippen molar-refractivity contribution in [2.75, 3.05) is 11.9 Å². The van der Waals surface area contributed by atoms with Crippen molar-refractivity contribution in [3.8, 4) is 10.4 Å². The molecule has 0 aliphatic carbocycles. The first-order valence-corrected chi connectivity index (χ1v) is 11.8. The molecule has 8 heteroatoms. The first kappa shape index (κ1) is 22.0. The number of aromatic nitrogens is 2. The summed E-state index contributed by atoms with van der Waals surface area (Å²) in [6.45, 7) is 3.92. The summed E-state index contributed by atoms with van der Waals surface area (Å²) < 4.78 is 4.98. The second kappa shape index (κ2) is 9.93. The Morgan fingerprint density at radius 2 is 1.84 bits per heavy atom. The minimum Gasteiger partial charge on any atom is -0.462 e. The lowest BCUT2D eigenvalue weighted by Crippen LogP contribution is -2.22. The van der Waals surface area contributed by atoms with Crippen LogP contribution in [0.15, 0.2) is 72.0 Å². The van der Waals surface area contributed by atoms with Crippen LogP contribution in [-0.4, -0.2) is 33.7 Å². The molecule has 32 heavy (non-hydrogen) atoms. The third-order valence-electron chi connectivity index (χ3n) is 4.67. The van der Waals surface area contributed by atoms with E-state index in [1.807, 2.05) is 25.1 Å². The number of nitrogens with one attached hydrogen (secondary N) is 1. The Labute approximate surface area is 194 Å². The van der Waals surface area contributed by atoms with E-state index in [0.29, 0.717) is 17.9 Å². The second-order valence-corrected chi connectivity index (χ2v) is 9.28. The van der Waals surface area contributed by atoms with Crippen molar-refractivity contribution in [3.05, 3.63) is 72.6 Å². The van der Waals surface area contributed by atoms with E-state index in [2.05, 4.69) is 33.5 Å². The van der Waals surface area contributed by atoms with Gasteiger partial charge in [0.15, 0.2) is 0 Å². The van der Waals surface area contributed by atoms with E-state index in [-0.39, 0.29) is 17.1 Å². The maximum absolute atomic E-state index is 12.7. The third kappa shape index (κ3) is 4.98. The number of fused-ring (bicyclic) bond motifs is 1. The van der Waals surface area contributed by atoms with E-state index < -0.39 is 0 Å². The lowest BCUT2D eigenvalue weighted by Gasteiger charge is -2.12. The van der Waals surface area contributed by atoms with Crippen molar-refractivity contribution in [2.45, 2.75) is 24.1 Å². The number of amides is 1. The van der Waals surface area contributed by atoms with E-state index in [9.17, 15) is 9.59 Å². The number of hydrogen-bond donors (Lipinski definition) is 1. The van der Waals surface area contributed by atoms with Crippen molar-refractivity contribution >= 4 is 50.9 Å². The fraction of sp³-hybridized carbons (Fsp3) is 0.167. The van der Waals surface area contributed by atoms with E-state index >= 15 is 0 Å². The van der Waals surface area contributed by atoms with Gasteiger partial charge in [-0.1, -0.05) is 42.1 Å². The summed E-state index contributed by atoms with van der Waals surface area (Å²) in [7, 11) is 0. The molecule has 1 atom stereocenters. The van der Waals surface area contributed by atoms with Gasteiger partial charge in [-0.25, -0.2) is 14.8 Å². The van der Waals surface area contributed by atoms with Gasteiger partial charge in [-0.3, -0.25) is 4.79 Å². The van der Waals surface area contributed by atoms with Gasteiger partial charge in [-0.2, -0.15) is 0 Å². The largest absolute Gasteiger partial charge is 0.462 e. The normalized spacial score (nSPS) is 11.8. The van der Waals surface area contributed by atoms with Crippen LogP contribution in [0, 0.1) is 0 Å². The second-order valence-electron chi connectivity index (χ2n) is 6.92. The van der Waals surface area contributed by atoms with Gasteiger partial charge in [-0.15, -0.1) is 11.3 Å². The predicted octanol–water partition coefficient (Wildman–Crippen LogP) is 5.65. The van der Waals surface area contributed by atoms with Crippen molar-refractivity contribution in [1.29, 1.82) is 0 Å². The van der Waals surface area contributed by atoms with Gasteiger partial charge in [0.2, 0.25) is 5.91 Å². The van der Waals surface area contributed by atoms with Crippen molar-refractivity contribution in [2.24, 2.45) is 0 Å². The molecule has 0 saturated heterocycles. The Kier molecular flexibility index (Phi) is 6.82. The monoisotopic (exact) mass is 463 g/mol. The minimum absolute atomic E-state index is 0.149. The van der Waals surface area contributed by atoms with Crippen LogP contribution in [0.4, 0.5) is 5.69 Å². The van der Waals surface area contributed by atoms with E-state index in [0.717, 1.165) is 25.7 Å². The van der Waals surface area contributed by atoms with Crippen molar-refractivity contribution in [3.63, 3.8) is 0 Å². The number of rotatable bonds is 7. The van der Waals surface area contributed by atoms with Crippen LogP contribution < -0.4 is 5.32 Å². The topological polar surface area (TPSA) is 81.2 Å². The van der Waals surface area contributed by atoms with Crippen LogP contribution in [0.2, 0.25) is 0 Å². The lowest BCUT2D eigenvalue weighted by molar-refractivity contribution is -0.115. The predicted molar refractivity (Wildman–Crippen MR) is 129 cm³/mol. The SMILES string of the molecule is CCOC(=O)c1ccc(NC(=O)C(C)Sc2ncnc3sc(-c4ccccc4)cc23)cc1. The highest BCUT2D eigenvalue weighted by Crippen LogP contribution is 2.37. The Hall–Kier alpha value is -3.23. The number of esters is 1. The highest BCUT2D eigenvalue weighted by molar-refractivity contribution is 8.00. The zero-order valence-electron chi connectivity index (χ0n) is 17.6. The van der Waals surface area contributed by atoms with Crippen LogP contribution in [0.1, 0.15) is 24.2 Å². The van der Waals surface area contributed by atoms with Gasteiger partial charge in [0, 0.05) is 16.0 Å². The van der Waals surface area contributed by atoms with E-state index in [4.69, 9.17) is 4.74 Å². The maximum atomic E-state index is 12.7. The molecule has 4 aromatic rings. The van der Waals surface area contributed by atoms with Gasteiger partial charge in [0.25, 0.3) is 0 Å². The number of thioether (sulfide) groups is 1. The molecule has 2 aromatic heterocycles. The molecule has 2 heterocycles. The van der Waals surface area contributed by atoms with E-state index in [1.165, 1.54) is 18.1 Å².